The molecule has 3 heteroatoms. The summed E-state index contributed by atoms with van der Waals surface area (Å²) in [5, 5.41) is 3.44. The second-order valence-electron chi connectivity index (χ2n) is 7.09. The number of allylic oxidation sites excluding steroid dienone is 3. The second-order valence-corrected chi connectivity index (χ2v) is 7.09. The lowest BCUT2D eigenvalue weighted by atomic mass is 9.65. The van der Waals surface area contributed by atoms with Gasteiger partial charge in [-0.1, -0.05) is 31.2 Å². The number of carbonyl (C=O) groups excluding carboxylic acids is 1. The van der Waals surface area contributed by atoms with E-state index in [1.807, 2.05) is 32.0 Å². The maximum absolute atomic E-state index is 12.7. The Balaban J connectivity index is 1.81. The van der Waals surface area contributed by atoms with Crippen LogP contribution in [-0.4, -0.2) is 17.9 Å². The molecule has 114 valence electrons. The average Bonchev–Trinajstić information content (AvgIpc) is 2.51. The molecule has 1 saturated heterocycles. The van der Waals surface area contributed by atoms with Gasteiger partial charge in [0, 0.05) is 29.0 Å². The third kappa shape index (κ3) is 1.78. The number of piperidine rings is 1. The minimum atomic E-state index is -0.486. The van der Waals surface area contributed by atoms with E-state index in [0.29, 0.717) is 6.61 Å². The van der Waals surface area contributed by atoms with Crippen LogP contribution in [0.5, 0.6) is 5.75 Å². The molecular formula is C19H21NO2. The Morgan fingerprint density at radius 1 is 1.23 bits per heavy atom. The van der Waals surface area contributed by atoms with Crippen LogP contribution in [0.2, 0.25) is 0 Å². The van der Waals surface area contributed by atoms with Crippen LogP contribution in [0.3, 0.4) is 0 Å². The molecule has 3 nitrogen and oxygen atoms in total. The normalized spacial score (nSPS) is 31.6. The van der Waals surface area contributed by atoms with Gasteiger partial charge >= 0.3 is 0 Å². The molecule has 0 aromatic heterocycles. The van der Waals surface area contributed by atoms with Crippen molar-refractivity contribution in [3.05, 3.63) is 47.7 Å². The molecule has 0 amide bonds. The lowest BCUT2D eigenvalue weighted by molar-refractivity contribution is -0.131. The number of nitrogens with one attached hydrogen (secondary N) is 1. The molecule has 0 radical (unpaired) electrons. The SMILES string of the molecule is CC1C(=O)C(C)(C)NC2=CC=C3c4ccccc4OCC3C21. The zero-order valence-electron chi connectivity index (χ0n) is 13.2. The number of rotatable bonds is 0. The van der Waals surface area contributed by atoms with E-state index < -0.39 is 5.54 Å². The largest absolute Gasteiger partial charge is 0.492 e. The summed E-state index contributed by atoms with van der Waals surface area (Å²) >= 11 is 0. The first kappa shape index (κ1) is 13.6. The zero-order valence-corrected chi connectivity index (χ0v) is 13.2. The monoisotopic (exact) mass is 295 g/mol. The molecule has 3 atom stereocenters. The highest BCUT2D eigenvalue weighted by atomic mass is 16.5. The van der Waals surface area contributed by atoms with Crippen LogP contribution in [-0.2, 0) is 4.79 Å². The van der Waals surface area contributed by atoms with E-state index in [-0.39, 0.29) is 23.5 Å². The number of fused-ring (bicyclic) bond motifs is 5. The standard InChI is InChI=1S/C19H21NO2/c1-11-17-14-10-22-16-7-5-4-6-13(16)12(14)8-9-15(17)20-19(2,3)18(11)21/h4-9,11,14,17,20H,10H2,1-3H3. The quantitative estimate of drug-likeness (QED) is 0.799. The van der Waals surface area contributed by atoms with Gasteiger partial charge in [-0.2, -0.15) is 0 Å². The summed E-state index contributed by atoms with van der Waals surface area (Å²) in [7, 11) is 0. The van der Waals surface area contributed by atoms with Gasteiger partial charge in [0.25, 0.3) is 0 Å². The Hall–Kier alpha value is -2.03. The fraction of sp³-hybridized carbons (Fsp3) is 0.421. The first-order valence-electron chi connectivity index (χ1n) is 7.95. The van der Waals surface area contributed by atoms with Crippen LogP contribution in [0, 0.1) is 17.8 Å². The highest BCUT2D eigenvalue weighted by Gasteiger charge is 2.48. The number of hydrogen-bond donors (Lipinski definition) is 1. The van der Waals surface area contributed by atoms with Gasteiger partial charge in [0.1, 0.15) is 5.75 Å². The van der Waals surface area contributed by atoms with Crippen LogP contribution in [0.15, 0.2) is 42.1 Å². The summed E-state index contributed by atoms with van der Waals surface area (Å²) < 4.78 is 5.97. The molecule has 22 heavy (non-hydrogen) atoms. The van der Waals surface area contributed by atoms with E-state index in [4.69, 9.17) is 4.74 Å². The van der Waals surface area contributed by atoms with Gasteiger partial charge in [0.05, 0.1) is 12.1 Å². The summed E-state index contributed by atoms with van der Waals surface area (Å²) in [5.74, 6) is 1.68. The fourth-order valence-corrected chi connectivity index (χ4v) is 4.22. The maximum Gasteiger partial charge on any atom is 0.161 e. The van der Waals surface area contributed by atoms with E-state index >= 15 is 0 Å². The molecule has 1 aromatic carbocycles. The lowest BCUT2D eigenvalue weighted by Crippen LogP contribution is -2.58. The van der Waals surface area contributed by atoms with Crippen LogP contribution >= 0.6 is 0 Å². The van der Waals surface area contributed by atoms with Crippen molar-refractivity contribution < 1.29 is 9.53 Å². The first-order valence-corrected chi connectivity index (χ1v) is 7.95. The molecule has 2 aliphatic heterocycles. The van der Waals surface area contributed by atoms with Crippen LogP contribution in [0.1, 0.15) is 26.3 Å². The molecule has 1 aliphatic carbocycles. The number of hydrogen-bond acceptors (Lipinski definition) is 3. The Labute approximate surface area is 131 Å². The summed E-state index contributed by atoms with van der Waals surface area (Å²) in [6, 6.07) is 8.17. The molecule has 1 N–H and O–H groups in total. The minimum Gasteiger partial charge on any atom is -0.492 e. The van der Waals surface area contributed by atoms with Gasteiger partial charge in [0.2, 0.25) is 0 Å². The van der Waals surface area contributed by atoms with Crippen molar-refractivity contribution in [3.8, 4) is 5.75 Å². The Bertz CT molecular complexity index is 714. The van der Waals surface area contributed by atoms with E-state index in [1.54, 1.807) is 0 Å². The highest BCUT2D eigenvalue weighted by Crippen LogP contribution is 2.48. The number of para-hydroxylation sites is 1. The second kappa shape index (κ2) is 4.48. The summed E-state index contributed by atoms with van der Waals surface area (Å²) in [6.45, 7) is 6.64. The van der Waals surface area contributed by atoms with Crippen molar-refractivity contribution in [2.24, 2.45) is 17.8 Å². The third-order valence-electron chi connectivity index (χ3n) is 5.28. The van der Waals surface area contributed by atoms with Gasteiger partial charge in [-0.3, -0.25) is 4.79 Å². The predicted octanol–water partition coefficient (Wildman–Crippen LogP) is 3.18. The van der Waals surface area contributed by atoms with Gasteiger partial charge in [-0.05, 0) is 31.6 Å². The van der Waals surface area contributed by atoms with Crippen LogP contribution in [0.4, 0.5) is 0 Å². The number of benzene rings is 1. The van der Waals surface area contributed by atoms with Crippen molar-refractivity contribution in [1.29, 1.82) is 0 Å². The van der Waals surface area contributed by atoms with E-state index in [1.165, 1.54) is 16.8 Å². The average molecular weight is 295 g/mol. The first-order chi connectivity index (χ1) is 10.5. The number of Topliss-reactive ketones (excluding diaryl/α,β-unsaturated/α-hetero) is 1. The topological polar surface area (TPSA) is 38.3 Å². The minimum absolute atomic E-state index is 0.00469. The smallest absolute Gasteiger partial charge is 0.161 e. The van der Waals surface area contributed by atoms with Crippen LogP contribution < -0.4 is 10.1 Å². The van der Waals surface area contributed by atoms with Crippen molar-refractivity contribution >= 4 is 11.4 Å². The fourth-order valence-electron chi connectivity index (χ4n) is 4.22. The Kier molecular flexibility index (Phi) is 2.77. The number of ether oxygens (including phenoxy) is 1. The number of carbonyl (C=O) groups is 1. The molecule has 0 bridgehead atoms. The number of ketones is 1. The highest BCUT2D eigenvalue weighted by molar-refractivity contribution is 5.92. The van der Waals surface area contributed by atoms with Crippen molar-refractivity contribution in [2.45, 2.75) is 26.3 Å². The Morgan fingerprint density at radius 3 is 2.82 bits per heavy atom. The Morgan fingerprint density at radius 2 is 2.00 bits per heavy atom. The molecule has 0 saturated carbocycles. The molecule has 4 rings (SSSR count). The van der Waals surface area contributed by atoms with Gasteiger partial charge < -0.3 is 10.1 Å². The molecule has 3 unspecified atom stereocenters. The predicted molar refractivity (Wildman–Crippen MR) is 86.4 cm³/mol. The summed E-state index contributed by atoms with van der Waals surface area (Å²) in [4.78, 5) is 12.7. The molecule has 2 heterocycles. The zero-order chi connectivity index (χ0) is 15.5. The van der Waals surface area contributed by atoms with Gasteiger partial charge in [-0.15, -0.1) is 0 Å². The van der Waals surface area contributed by atoms with E-state index in [2.05, 4.69) is 30.5 Å². The lowest BCUT2D eigenvalue weighted by Gasteiger charge is -2.47. The van der Waals surface area contributed by atoms with Crippen molar-refractivity contribution in [1.82, 2.24) is 5.32 Å². The van der Waals surface area contributed by atoms with Gasteiger partial charge in [-0.25, -0.2) is 0 Å². The third-order valence-corrected chi connectivity index (χ3v) is 5.28. The summed E-state index contributed by atoms with van der Waals surface area (Å²) in [5.41, 5.74) is 3.16. The maximum atomic E-state index is 12.7. The van der Waals surface area contributed by atoms with Crippen molar-refractivity contribution in [2.75, 3.05) is 6.61 Å². The van der Waals surface area contributed by atoms with Crippen LogP contribution in [0.25, 0.3) is 5.57 Å². The van der Waals surface area contributed by atoms with Gasteiger partial charge in [0.15, 0.2) is 5.78 Å². The molecular weight excluding hydrogens is 274 g/mol. The van der Waals surface area contributed by atoms with E-state index in [9.17, 15) is 4.79 Å². The molecule has 1 fully saturated rings. The molecule has 1 aromatic rings. The van der Waals surface area contributed by atoms with E-state index in [0.717, 1.165) is 5.75 Å². The van der Waals surface area contributed by atoms with Crippen molar-refractivity contribution in [3.63, 3.8) is 0 Å². The molecule has 3 aliphatic rings. The molecule has 0 spiro atoms. The summed E-state index contributed by atoms with van der Waals surface area (Å²) in [6.07, 6.45) is 4.35.